The smallest absolute Gasteiger partial charge is 0.419 e. The molecule has 5 nitrogen and oxygen atoms in total. The molecule has 1 saturated heterocycles. The molecule has 0 atom stereocenters. The molecule has 29 heavy (non-hydrogen) atoms. The molecule has 0 radical (unpaired) electrons. The number of benzene rings is 2. The Hall–Kier alpha value is -1.73. The van der Waals surface area contributed by atoms with Gasteiger partial charge < -0.3 is 14.4 Å². The average molecular weight is 433 g/mol. The third-order valence-corrected chi connectivity index (χ3v) is 6.49. The van der Waals surface area contributed by atoms with Crippen molar-refractivity contribution in [1.29, 1.82) is 0 Å². The monoisotopic (exact) mass is 432 g/mol. The quantitative estimate of drug-likeness (QED) is 0.557. The number of carbonyl (C=O) groups is 1. The zero-order valence-corrected chi connectivity index (χ0v) is 17.9. The minimum absolute atomic E-state index is 0.223. The summed E-state index contributed by atoms with van der Waals surface area (Å²) in [6.45, 7) is 4.54. The lowest BCUT2D eigenvalue weighted by Crippen LogP contribution is -2.33. The van der Waals surface area contributed by atoms with Gasteiger partial charge in [-0.3, -0.25) is 0 Å². The highest BCUT2D eigenvalue weighted by Crippen LogP contribution is 2.48. The summed E-state index contributed by atoms with van der Waals surface area (Å²) >= 11 is 7.81. The highest BCUT2D eigenvalue weighted by molar-refractivity contribution is 7.99. The summed E-state index contributed by atoms with van der Waals surface area (Å²) < 4.78 is 11.2. The van der Waals surface area contributed by atoms with Crippen molar-refractivity contribution in [3.8, 4) is 0 Å². The number of ether oxygens (including phenoxy) is 2. The third kappa shape index (κ3) is 5.07. The molecule has 1 amide bonds. The number of likely N-dealkylation sites (tertiary alicyclic amines) is 1. The van der Waals surface area contributed by atoms with Gasteiger partial charge in [0.05, 0.1) is 24.6 Å². The van der Waals surface area contributed by atoms with Gasteiger partial charge in [-0.1, -0.05) is 41.9 Å². The Kier molecular flexibility index (Phi) is 6.98. The average Bonchev–Trinajstić information content (AvgIpc) is 2.75. The van der Waals surface area contributed by atoms with E-state index in [-0.39, 0.29) is 6.61 Å². The van der Waals surface area contributed by atoms with Crippen LogP contribution < -0.4 is 4.90 Å². The van der Waals surface area contributed by atoms with E-state index < -0.39 is 6.09 Å². The molecule has 0 aromatic heterocycles. The molecule has 0 aliphatic carbocycles. The first kappa shape index (κ1) is 20.5. The number of anilines is 2. The molecule has 2 aromatic carbocycles. The molecule has 0 spiro atoms. The number of amides is 1. The van der Waals surface area contributed by atoms with E-state index in [4.69, 9.17) is 21.1 Å². The summed E-state index contributed by atoms with van der Waals surface area (Å²) in [6.07, 6.45) is 3.47. The minimum Gasteiger partial charge on any atom is -0.446 e. The molecule has 154 valence electrons. The van der Waals surface area contributed by atoms with Crippen LogP contribution in [-0.2, 0) is 9.47 Å². The Morgan fingerprint density at radius 1 is 0.966 bits per heavy atom. The fourth-order valence-corrected chi connectivity index (χ4v) is 4.86. The number of carbonyl (C=O) groups excluding carboxylic acids is 1. The van der Waals surface area contributed by atoms with Crippen LogP contribution in [0.1, 0.15) is 19.3 Å². The summed E-state index contributed by atoms with van der Waals surface area (Å²) in [4.78, 5) is 18.9. The summed E-state index contributed by atoms with van der Waals surface area (Å²) in [5.74, 6) is 0. The largest absolute Gasteiger partial charge is 0.446 e. The maximum absolute atomic E-state index is 12.9. The number of fused-ring (bicyclic) bond motifs is 2. The predicted octanol–water partition coefficient (Wildman–Crippen LogP) is 5.58. The SMILES string of the molecule is O=C(OCCOCCN1CCCCC1)N1c2ccccc2Sc2ccc(Cl)cc21. The van der Waals surface area contributed by atoms with Gasteiger partial charge in [-0.25, -0.2) is 9.69 Å². The van der Waals surface area contributed by atoms with Crippen LogP contribution in [0.25, 0.3) is 0 Å². The van der Waals surface area contributed by atoms with Gasteiger partial charge in [-0.15, -0.1) is 0 Å². The van der Waals surface area contributed by atoms with Crippen LogP contribution in [0.4, 0.5) is 16.2 Å². The second kappa shape index (κ2) is 9.85. The fourth-order valence-electron chi connectivity index (χ4n) is 3.66. The minimum atomic E-state index is -0.416. The number of hydrogen-bond acceptors (Lipinski definition) is 5. The van der Waals surface area contributed by atoms with Crippen LogP contribution in [0.5, 0.6) is 0 Å². The molecule has 0 saturated carbocycles. The van der Waals surface area contributed by atoms with Gasteiger partial charge in [0.2, 0.25) is 0 Å². The zero-order chi connectivity index (χ0) is 20.1. The van der Waals surface area contributed by atoms with E-state index in [1.807, 2.05) is 36.4 Å². The summed E-state index contributed by atoms with van der Waals surface area (Å²) in [6, 6.07) is 13.4. The number of halogens is 1. The number of hydrogen-bond donors (Lipinski definition) is 0. The molecule has 2 aliphatic rings. The van der Waals surface area contributed by atoms with Crippen molar-refractivity contribution in [2.75, 3.05) is 44.4 Å². The Balaban J connectivity index is 1.33. The molecule has 0 unspecified atom stereocenters. The Bertz CT molecular complexity index is 858. The van der Waals surface area contributed by atoms with E-state index in [1.165, 1.54) is 19.3 Å². The lowest BCUT2D eigenvalue weighted by Gasteiger charge is -2.30. The molecule has 7 heteroatoms. The molecule has 0 N–H and O–H groups in total. The van der Waals surface area contributed by atoms with Crippen molar-refractivity contribution >= 4 is 40.8 Å². The highest BCUT2D eigenvalue weighted by atomic mass is 35.5. The third-order valence-electron chi connectivity index (χ3n) is 5.12. The highest BCUT2D eigenvalue weighted by Gasteiger charge is 2.29. The topological polar surface area (TPSA) is 42.0 Å². The molecule has 2 heterocycles. The van der Waals surface area contributed by atoms with E-state index in [1.54, 1.807) is 22.7 Å². The maximum atomic E-state index is 12.9. The van der Waals surface area contributed by atoms with Crippen molar-refractivity contribution in [3.63, 3.8) is 0 Å². The second-order valence-electron chi connectivity index (χ2n) is 7.15. The summed E-state index contributed by atoms with van der Waals surface area (Å²) in [5, 5.41) is 0.586. The standard InChI is InChI=1S/C22H25ClN2O3S/c23-17-8-9-21-19(16-17)25(18-6-2-3-7-20(18)29-21)22(26)28-15-14-27-13-12-24-10-4-1-5-11-24/h2-3,6-9,16H,1,4-5,10-15H2. The van der Waals surface area contributed by atoms with E-state index in [9.17, 15) is 4.79 Å². The van der Waals surface area contributed by atoms with E-state index in [0.717, 1.165) is 40.8 Å². The first-order chi connectivity index (χ1) is 14.2. The normalized spacial score (nSPS) is 16.2. The fraction of sp³-hybridized carbons (Fsp3) is 0.409. The number of piperidine rings is 1. The second-order valence-corrected chi connectivity index (χ2v) is 8.67. The Morgan fingerprint density at radius 3 is 2.62 bits per heavy atom. The lowest BCUT2D eigenvalue weighted by atomic mass is 10.1. The molecule has 4 rings (SSSR count). The molecule has 2 aromatic rings. The number of rotatable bonds is 6. The lowest BCUT2D eigenvalue weighted by molar-refractivity contribution is 0.0599. The summed E-state index contributed by atoms with van der Waals surface area (Å²) in [5.41, 5.74) is 1.56. The van der Waals surface area contributed by atoms with E-state index >= 15 is 0 Å². The molecular formula is C22H25ClN2O3S. The van der Waals surface area contributed by atoms with E-state index in [2.05, 4.69) is 4.90 Å². The first-order valence-electron chi connectivity index (χ1n) is 10.1. The molecule has 2 aliphatic heterocycles. The molecule has 0 bridgehead atoms. The number of para-hydroxylation sites is 1. The van der Waals surface area contributed by atoms with Gasteiger partial charge in [0.1, 0.15) is 6.61 Å². The van der Waals surface area contributed by atoms with Crippen LogP contribution >= 0.6 is 23.4 Å². The van der Waals surface area contributed by atoms with Crippen LogP contribution in [0.3, 0.4) is 0 Å². The van der Waals surface area contributed by atoms with Gasteiger partial charge in [-0.2, -0.15) is 0 Å². The predicted molar refractivity (Wildman–Crippen MR) is 117 cm³/mol. The van der Waals surface area contributed by atoms with E-state index in [0.29, 0.717) is 18.2 Å². The zero-order valence-electron chi connectivity index (χ0n) is 16.3. The van der Waals surface area contributed by atoms with Crippen LogP contribution in [-0.4, -0.2) is 50.4 Å². The summed E-state index contributed by atoms with van der Waals surface area (Å²) in [7, 11) is 0. The van der Waals surface area contributed by atoms with Gasteiger partial charge in [0.25, 0.3) is 0 Å². The molecular weight excluding hydrogens is 408 g/mol. The first-order valence-corrected chi connectivity index (χ1v) is 11.3. The van der Waals surface area contributed by atoms with Crippen molar-refractivity contribution in [2.45, 2.75) is 29.1 Å². The van der Waals surface area contributed by atoms with Crippen molar-refractivity contribution < 1.29 is 14.3 Å². The van der Waals surface area contributed by atoms with Crippen LogP contribution in [0, 0.1) is 0 Å². The van der Waals surface area contributed by atoms with Crippen molar-refractivity contribution in [1.82, 2.24) is 4.90 Å². The van der Waals surface area contributed by atoms with Crippen LogP contribution in [0.15, 0.2) is 52.3 Å². The Labute approximate surface area is 180 Å². The maximum Gasteiger partial charge on any atom is 0.419 e. The van der Waals surface area contributed by atoms with Gasteiger partial charge in [0.15, 0.2) is 0 Å². The molecule has 1 fully saturated rings. The Morgan fingerprint density at radius 2 is 1.76 bits per heavy atom. The van der Waals surface area contributed by atoms with Gasteiger partial charge >= 0.3 is 6.09 Å². The van der Waals surface area contributed by atoms with Gasteiger partial charge in [0, 0.05) is 21.4 Å². The van der Waals surface area contributed by atoms with Crippen molar-refractivity contribution in [2.24, 2.45) is 0 Å². The van der Waals surface area contributed by atoms with Crippen LogP contribution in [0.2, 0.25) is 5.02 Å². The van der Waals surface area contributed by atoms with Crippen molar-refractivity contribution in [3.05, 3.63) is 47.5 Å². The number of nitrogens with zero attached hydrogens (tertiary/aromatic N) is 2. The van der Waals surface area contributed by atoms with Gasteiger partial charge in [-0.05, 0) is 56.3 Å².